The minimum Gasteiger partial charge on any atom is -0.455 e. The van der Waals surface area contributed by atoms with E-state index in [-0.39, 0.29) is 23.6 Å². The molecule has 0 atom stereocenters. The molecule has 0 saturated heterocycles. The number of hydrogen-bond donors (Lipinski definition) is 2. The van der Waals surface area contributed by atoms with E-state index in [2.05, 4.69) is 15.8 Å². The number of carbonyl (C=O) groups is 1. The summed E-state index contributed by atoms with van der Waals surface area (Å²) >= 11 is 5.79. The summed E-state index contributed by atoms with van der Waals surface area (Å²) in [6, 6.07) is 13.1. The summed E-state index contributed by atoms with van der Waals surface area (Å²) in [7, 11) is 0. The number of hydrogen-bond acceptors (Lipinski definition) is 6. The highest BCUT2D eigenvalue weighted by atomic mass is 35.5. The summed E-state index contributed by atoms with van der Waals surface area (Å²) in [4.78, 5) is 22.2. The quantitative estimate of drug-likeness (QED) is 0.340. The van der Waals surface area contributed by atoms with Gasteiger partial charge in [-0.2, -0.15) is 5.10 Å². The van der Waals surface area contributed by atoms with Crippen LogP contribution in [0.2, 0.25) is 5.02 Å². The highest BCUT2D eigenvalue weighted by molar-refractivity contribution is 6.30. The van der Waals surface area contributed by atoms with Crippen LogP contribution in [0.15, 0.2) is 64.1 Å². The van der Waals surface area contributed by atoms with Crippen LogP contribution in [0, 0.1) is 15.9 Å². The van der Waals surface area contributed by atoms with Crippen LogP contribution in [0.4, 0.5) is 15.8 Å². The van der Waals surface area contributed by atoms with E-state index >= 15 is 0 Å². The fraction of sp³-hybridized carbons (Fsp3) is 0.0526. The SMILES string of the molecule is O=C(CNc1ccc(Cl)cc1)N/N=C\c1ccc(-c2ccc(F)cc2[N+](=O)[O-])o1. The van der Waals surface area contributed by atoms with Gasteiger partial charge in [0.05, 0.1) is 29.3 Å². The number of carbonyl (C=O) groups excluding carboxylic acids is 1. The second-order valence-electron chi connectivity index (χ2n) is 5.77. The van der Waals surface area contributed by atoms with E-state index in [1.54, 1.807) is 24.3 Å². The largest absolute Gasteiger partial charge is 0.455 e. The monoisotopic (exact) mass is 416 g/mol. The zero-order chi connectivity index (χ0) is 20.8. The van der Waals surface area contributed by atoms with Crippen LogP contribution in [0.1, 0.15) is 5.76 Å². The third kappa shape index (κ3) is 5.39. The van der Waals surface area contributed by atoms with Gasteiger partial charge in [-0.15, -0.1) is 0 Å². The third-order valence-corrected chi connectivity index (χ3v) is 3.98. The molecule has 0 radical (unpaired) electrons. The molecule has 10 heteroatoms. The Labute approximate surface area is 169 Å². The molecule has 0 fully saturated rings. The van der Waals surface area contributed by atoms with Gasteiger partial charge in [-0.25, -0.2) is 9.82 Å². The van der Waals surface area contributed by atoms with Gasteiger partial charge < -0.3 is 9.73 Å². The minimum absolute atomic E-state index is 0.00977. The standard InChI is InChI=1S/C19H14ClFN4O4/c20-12-1-4-14(5-2-12)22-11-19(26)24-23-10-15-6-8-18(29-15)16-7-3-13(21)9-17(16)25(27)28/h1-10,22H,11H2,(H,24,26)/b23-10-. The van der Waals surface area contributed by atoms with Crippen molar-refractivity contribution in [2.45, 2.75) is 0 Å². The lowest BCUT2D eigenvalue weighted by molar-refractivity contribution is -0.384. The predicted octanol–water partition coefficient (Wildman–Crippen LogP) is 4.21. The van der Waals surface area contributed by atoms with E-state index in [9.17, 15) is 19.3 Å². The first-order valence-corrected chi connectivity index (χ1v) is 8.65. The lowest BCUT2D eigenvalue weighted by atomic mass is 10.1. The number of halogens is 2. The predicted molar refractivity (Wildman–Crippen MR) is 106 cm³/mol. The molecule has 3 rings (SSSR count). The second kappa shape index (κ2) is 8.98. The van der Waals surface area contributed by atoms with Crippen molar-refractivity contribution in [2.75, 3.05) is 11.9 Å². The molecule has 8 nitrogen and oxygen atoms in total. The Balaban J connectivity index is 1.59. The van der Waals surface area contributed by atoms with Crippen LogP contribution in [-0.2, 0) is 4.79 Å². The van der Waals surface area contributed by atoms with Gasteiger partial charge in [0.15, 0.2) is 0 Å². The maximum atomic E-state index is 13.3. The van der Waals surface area contributed by atoms with Gasteiger partial charge in [0.2, 0.25) is 0 Å². The van der Waals surface area contributed by atoms with Crippen LogP contribution in [0.5, 0.6) is 0 Å². The van der Waals surface area contributed by atoms with Gasteiger partial charge in [0, 0.05) is 10.7 Å². The first kappa shape index (κ1) is 20.0. The molecule has 1 heterocycles. The Bertz CT molecular complexity index is 1070. The molecule has 29 heavy (non-hydrogen) atoms. The lowest BCUT2D eigenvalue weighted by Gasteiger charge is -2.04. The second-order valence-corrected chi connectivity index (χ2v) is 6.21. The number of anilines is 1. The number of benzene rings is 2. The van der Waals surface area contributed by atoms with Crippen LogP contribution in [0.3, 0.4) is 0 Å². The van der Waals surface area contributed by atoms with Crippen molar-refractivity contribution in [3.63, 3.8) is 0 Å². The molecule has 1 amide bonds. The molecule has 1 aromatic heterocycles. The average Bonchev–Trinajstić information content (AvgIpc) is 3.16. The summed E-state index contributed by atoms with van der Waals surface area (Å²) in [5.74, 6) is -0.681. The molecule has 0 bridgehead atoms. The van der Waals surface area contributed by atoms with Crippen molar-refractivity contribution in [3.05, 3.63) is 81.3 Å². The van der Waals surface area contributed by atoms with Crippen LogP contribution < -0.4 is 10.7 Å². The smallest absolute Gasteiger partial charge is 0.283 e. The number of nitrogens with one attached hydrogen (secondary N) is 2. The normalized spacial score (nSPS) is 10.8. The van der Waals surface area contributed by atoms with Gasteiger partial charge in [-0.3, -0.25) is 14.9 Å². The van der Waals surface area contributed by atoms with E-state index < -0.39 is 22.3 Å². The molecule has 0 saturated carbocycles. The van der Waals surface area contributed by atoms with Crippen molar-refractivity contribution < 1.29 is 18.5 Å². The molecule has 148 valence electrons. The Morgan fingerprint density at radius 1 is 1.21 bits per heavy atom. The molecular weight excluding hydrogens is 403 g/mol. The molecule has 3 aromatic rings. The van der Waals surface area contributed by atoms with Crippen molar-refractivity contribution >= 4 is 35.1 Å². The zero-order valence-electron chi connectivity index (χ0n) is 14.8. The van der Waals surface area contributed by atoms with Crippen LogP contribution in [0.25, 0.3) is 11.3 Å². The number of nitrogens with zero attached hydrogens (tertiary/aromatic N) is 2. The summed E-state index contributed by atoms with van der Waals surface area (Å²) in [6.45, 7) is -0.00977. The molecule has 2 aromatic carbocycles. The number of rotatable bonds is 7. The number of nitro groups is 1. The molecule has 2 N–H and O–H groups in total. The first-order valence-electron chi connectivity index (χ1n) is 8.28. The first-order chi connectivity index (χ1) is 13.9. The van der Waals surface area contributed by atoms with Gasteiger partial charge in [-0.05, 0) is 48.5 Å². The van der Waals surface area contributed by atoms with Gasteiger partial charge >= 0.3 is 0 Å². The van der Waals surface area contributed by atoms with E-state index in [0.29, 0.717) is 5.02 Å². The fourth-order valence-corrected chi connectivity index (χ4v) is 2.51. The third-order valence-electron chi connectivity index (χ3n) is 3.73. The molecule has 0 unspecified atom stereocenters. The fourth-order valence-electron chi connectivity index (χ4n) is 2.39. The zero-order valence-corrected chi connectivity index (χ0v) is 15.5. The van der Waals surface area contributed by atoms with Crippen LogP contribution in [-0.4, -0.2) is 23.6 Å². The Morgan fingerprint density at radius 2 is 1.97 bits per heavy atom. The van der Waals surface area contributed by atoms with Crippen molar-refractivity contribution in [3.8, 4) is 11.3 Å². The minimum atomic E-state index is -0.719. The van der Waals surface area contributed by atoms with E-state index in [0.717, 1.165) is 17.8 Å². The topological polar surface area (TPSA) is 110 Å². The van der Waals surface area contributed by atoms with Crippen molar-refractivity contribution in [1.82, 2.24) is 5.43 Å². The molecule has 0 aliphatic rings. The number of nitro benzene ring substituents is 1. The molecule has 0 aliphatic heterocycles. The number of furan rings is 1. The van der Waals surface area contributed by atoms with E-state index in [1.165, 1.54) is 24.4 Å². The van der Waals surface area contributed by atoms with Crippen molar-refractivity contribution in [1.29, 1.82) is 0 Å². The molecule has 0 aliphatic carbocycles. The average molecular weight is 417 g/mol. The molecule has 0 spiro atoms. The van der Waals surface area contributed by atoms with Gasteiger partial charge in [0.1, 0.15) is 17.3 Å². The maximum absolute atomic E-state index is 13.3. The van der Waals surface area contributed by atoms with E-state index in [1.807, 2.05) is 0 Å². The molecular formula is C19H14ClFN4O4. The highest BCUT2D eigenvalue weighted by Crippen LogP contribution is 2.31. The van der Waals surface area contributed by atoms with Crippen LogP contribution >= 0.6 is 11.6 Å². The number of amides is 1. The van der Waals surface area contributed by atoms with Gasteiger partial charge in [-0.1, -0.05) is 11.6 Å². The van der Waals surface area contributed by atoms with Crippen molar-refractivity contribution in [2.24, 2.45) is 5.10 Å². The lowest BCUT2D eigenvalue weighted by Crippen LogP contribution is -2.25. The van der Waals surface area contributed by atoms with E-state index in [4.69, 9.17) is 16.0 Å². The summed E-state index contributed by atoms with van der Waals surface area (Å²) < 4.78 is 18.7. The Hall–Kier alpha value is -3.72. The highest BCUT2D eigenvalue weighted by Gasteiger charge is 2.19. The summed E-state index contributed by atoms with van der Waals surface area (Å²) in [6.07, 6.45) is 1.25. The van der Waals surface area contributed by atoms with Gasteiger partial charge in [0.25, 0.3) is 11.6 Å². The summed E-state index contributed by atoms with van der Waals surface area (Å²) in [5, 5.41) is 18.4. The Morgan fingerprint density at radius 3 is 2.69 bits per heavy atom. The number of hydrazone groups is 1. The maximum Gasteiger partial charge on any atom is 0.283 e. The Kier molecular flexibility index (Phi) is 6.20. The summed E-state index contributed by atoms with van der Waals surface area (Å²) in [5.41, 5.74) is 2.77.